The maximum absolute atomic E-state index is 3.92. The van der Waals surface area contributed by atoms with E-state index in [2.05, 4.69) is 159 Å². The van der Waals surface area contributed by atoms with Crippen LogP contribution in [0.4, 0.5) is 17.1 Å². The second-order valence-corrected chi connectivity index (χ2v) is 10.2. The zero-order valence-electron chi connectivity index (χ0n) is 22.4. The molecule has 0 aromatic heterocycles. The van der Waals surface area contributed by atoms with Crippen molar-refractivity contribution in [3.05, 3.63) is 157 Å². The van der Waals surface area contributed by atoms with Crippen molar-refractivity contribution in [2.75, 3.05) is 4.90 Å². The average molecular weight is 502 g/mol. The van der Waals surface area contributed by atoms with Crippen molar-refractivity contribution in [2.45, 2.75) is 13.8 Å². The van der Waals surface area contributed by atoms with Crippen molar-refractivity contribution in [1.29, 1.82) is 0 Å². The molecular formula is C38H31N. The first-order chi connectivity index (χ1) is 19.1. The summed E-state index contributed by atoms with van der Waals surface area (Å²) < 4.78 is 0. The topological polar surface area (TPSA) is 3.24 Å². The third-order valence-corrected chi connectivity index (χ3v) is 7.30. The molecule has 6 rings (SSSR count). The summed E-state index contributed by atoms with van der Waals surface area (Å²) in [5.74, 6) is 0. The van der Waals surface area contributed by atoms with E-state index in [0.717, 1.165) is 22.6 Å². The molecule has 0 saturated heterocycles. The normalized spacial score (nSPS) is 10.9. The minimum atomic E-state index is 1.12. The number of aryl methyl sites for hydroxylation is 2. The van der Waals surface area contributed by atoms with Gasteiger partial charge in [0.05, 0.1) is 0 Å². The van der Waals surface area contributed by atoms with Gasteiger partial charge in [0.1, 0.15) is 0 Å². The Morgan fingerprint density at radius 1 is 0.462 bits per heavy atom. The molecule has 6 aromatic rings. The smallest absolute Gasteiger partial charge is 0.0468 e. The van der Waals surface area contributed by atoms with Crippen LogP contribution in [0, 0.1) is 13.8 Å². The molecule has 0 unspecified atom stereocenters. The van der Waals surface area contributed by atoms with E-state index in [1.807, 2.05) is 6.08 Å². The standard InChI is InChI=1S/C38H31N/c1-4-29-11-12-35-26-38(22-17-34(35)25-29)39(36-18-13-30(14-19-36)32-9-5-7-27(2)23-32)37-20-15-31(16-21-37)33-10-6-8-28(3)24-33/h4-26H,1H2,2-3H3. The van der Waals surface area contributed by atoms with Crippen LogP contribution in [0.3, 0.4) is 0 Å². The summed E-state index contributed by atoms with van der Waals surface area (Å²) in [5.41, 5.74) is 11.9. The van der Waals surface area contributed by atoms with E-state index in [1.54, 1.807) is 0 Å². The maximum atomic E-state index is 3.92. The van der Waals surface area contributed by atoms with Gasteiger partial charge in [-0.15, -0.1) is 0 Å². The lowest BCUT2D eigenvalue weighted by atomic mass is 10.0. The Bertz CT molecular complexity index is 1690. The summed E-state index contributed by atoms with van der Waals surface area (Å²) in [4.78, 5) is 2.33. The monoisotopic (exact) mass is 501 g/mol. The van der Waals surface area contributed by atoms with Crippen molar-refractivity contribution in [3.8, 4) is 22.3 Å². The maximum Gasteiger partial charge on any atom is 0.0468 e. The van der Waals surface area contributed by atoms with Gasteiger partial charge in [0.2, 0.25) is 0 Å². The van der Waals surface area contributed by atoms with Crippen molar-refractivity contribution in [2.24, 2.45) is 0 Å². The Morgan fingerprint density at radius 3 is 1.46 bits per heavy atom. The zero-order valence-corrected chi connectivity index (χ0v) is 22.4. The van der Waals surface area contributed by atoms with Crippen LogP contribution in [0.15, 0.2) is 140 Å². The molecule has 6 aromatic carbocycles. The summed E-state index contributed by atoms with van der Waals surface area (Å²) in [5, 5.41) is 2.41. The number of nitrogens with zero attached hydrogens (tertiary/aromatic N) is 1. The van der Waals surface area contributed by atoms with E-state index < -0.39 is 0 Å². The number of fused-ring (bicyclic) bond motifs is 1. The van der Waals surface area contributed by atoms with E-state index in [1.165, 1.54) is 44.2 Å². The lowest BCUT2D eigenvalue weighted by Gasteiger charge is -2.26. The summed E-state index contributed by atoms with van der Waals surface area (Å²) in [6.45, 7) is 8.20. The largest absolute Gasteiger partial charge is 0.310 e. The predicted molar refractivity (Wildman–Crippen MR) is 169 cm³/mol. The Kier molecular flexibility index (Phi) is 6.57. The highest BCUT2D eigenvalue weighted by atomic mass is 15.1. The fourth-order valence-corrected chi connectivity index (χ4v) is 5.22. The molecule has 1 nitrogen and oxygen atoms in total. The number of anilines is 3. The van der Waals surface area contributed by atoms with Crippen LogP contribution in [0.25, 0.3) is 39.1 Å². The summed E-state index contributed by atoms with van der Waals surface area (Å²) in [6, 6.07) is 48.2. The Morgan fingerprint density at radius 2 is 0.949 bits per heavy atom. The fraction of sp³-hybridized carbons (Fsp3) is 0.0526. The van der Waals surface area contributed by atoms with Gasteiger partial charge in [0.15, 0.2) is 0 Å². The van der Waals surface area contributed by atoms with Gasteiger partial charge in [-0.1, -0.05) is 115 Å². The van der Waals surface area contributed by atoms with E-state index in [4.69, 9.17) is 0 Å². The molecule has 0 aliphatic heterocycles. The highest BCUT2D eigenvalue weighted by Crippen LogP contribution is 2.38. The van der Waals surface area contributed by atoms with Gasteiger partial charge < -0.3 is 4.90 Å². The lowest BCUT2D eigenvalue weighted by Crippen LogP contribution is -2.09. The molecule has 0 saturated carbocycles. The average Bonchev–Trinajstić information content (AvgIpc) is 2.98. The predicted octanol–water partition coefficient (Wildman–Crippen LogP) is 10.9. The lowest BCUT2D eigenvalue weighted by molar-refractivity contribution is 1.29. The number of benzene rings is 6. The molecule has 0 aliphatic rings. The van der Waals surface area contributed by atoms with Gasteiger partial charge in [0.25, 0.3) is 0 Å². The van der Waals surface area contributed by atoms with Gasteiger partial charge in [0, 0.05) is 17.1 Å². The first kappa shape index (κ1) is 24.5. The minimum absolute atomic E-state index is 1.12. The van der Waals surface area contributed by atoms with Crippen molar-refractivity contribution < 1.29 is 0 Å². The Labute approximate surface area is 231 Å². The quantitative estimate of drug-likeness (QED) is 0.219. The molecule has 0 bridgehead atoms. The third-order valence-electron chi connectivity index (χ3n) is 7.30. The van der Waals surface area contributed by atoms with Crippen LogP contribution >= 0.6 is 0 Å². The van der Waals surface area contributed by atoms with Gasteiger partial charge in [-0.25, -0.2) is 0 Å². The summed E-state index contributed by atoms with van der Waals surface area (Å²) in [6.07, 6.45) is 1.89. The number of hydrogen-bond donors (Lipinski definition) is 0. The second-order valence-electron chi connectivity index (χ2n) is 10.2. The fourth-order valence-electron chi connectivity index (χ4n) is 5.22. The molecule has 0 fully saturated rings. The van der Waals surface area contributed by atoms with Crippen molar-refractivity contribution >= 4 is 33.9 Å². The van der Waals surface area contributed by atoms with Crippen LogP contribution in [0.5, 0.6) is 0 Å². The molecule has 0 atom stereocenters. The molecule has 0 radical (unpaired) electrons. The number of rotatable bonds is 6. The molecule has 0 heterocycles. The number of hydrogen-bond acceptors (Lipinski definition) is 1. The van der Waals surface area contributed by atoms with E-state index in [0.29, 0.717) is 0 Å². The van der Waals surface area contributed by atoms with Crippen LogP contribution in [0.1, 0.15) is 16.7 Å². The highest BCUT2D eigenvalue weighted by Gasteiger charge is 2.14. The van der Waals surface area contributed by atoms with Gasteiger partial charge in [-0.2, -0.15) is 0 Å². The van der Waals surface area contributed by atoms with Crippen LogP contribution in [0.2, 0.25) is 0 Å². The van der Waals surface area contributed by atoms with E-state index in [9.17, 15) is 0 Å². The first-order valence-corrected chi connectivity index (χ1v) is 13.4. The zero-order chi connectivity index (χ0) is 26.8. The highest BCUT2D eigenvalue weighted by molar-refractivity contribution is 5.91. The summed E-state index contributed by atoms with van der Waals surface area (Å²) >= 11 is 0. The molecule has 0 aliphatic carbocycles. The van der Waals surface area contributed by atoms with Gasteiger partial charge in [-0.3, -0.25) is 0 Å². The molecule has 1 heteroatoms. The molecule has 0 N–H and O–H groups in total. The van der Waals surface area contributed by atoms with Gasteiger partial charge >= 0.3 is 0 Å². The summed E-state index contributed by atoms with van der Waals surface area (Å²) in [7, 11) is 0. The Balaban J connectivity index is 1.43. The SMILES string of the molecule is C=Cc1ccc2cc(N(c3ccc(-c4cccc(C)c4)cc3)c3ccc(-c4cccc(C)c4)cc3)ccc2c1. The van der Waals surface area contributed by atoms with Crippen LogP contribution in [-0.2, 0) is 0 Å². The molecular weight excluding hydrogens is 470 g/mol. The van der Waals surface area contributed by atoms with Crippen molar-refractivity contribution in [1.82, 2.24) is 0 Å². The molecule has 0 amide bonds. The minimum Gasteiger partial charge on any atom is -0.310 e. The molecule has 188 valence electrons. The molecule has 39 heavy (non-hydrogen) atoms. The van der Waals surface area contributed by atoms with Crippen LogP contribution in [-0.4, -0.2) is 0 Å². The van der Waals surface area contributed by atoms with Crippen molar-refractivity contribution in [3.63, 3.8) is 0 Å². The second kappa shape index (κ2) is 10.5. The first-order valence-electron chi connectivity index (χ1n) is 13.4. The molecule has 0 spiro atoms. The third kappa shape index (κ3) is 5.12. The Hall–Kier alpha value is -4.88. The van der Waals surface area contributed by atoms with Crippen LogP contribution < -0.4 is 4.90 Å². The van der Waals surface area contributed by atoms with Gasteiger partial charge in [-0.05, 0) is 94.9 Å². The van der Waals surface area contributed by atoms with E-state index >= 15 is 0 Å². The van der Waals surface area contributed by atoms with E-state index in [-0.39, 0.29) is 0 Å².